The first-order valence-electron chi connectivity index (χ1n) is 7.84. The van der Waals surface area contributed by atoms with Crippen LogP contribution in [0.25, 0.3) is 0 Å². The summed E-state index contributed by atoms with van der Waals surface area (Å²) in [7, 11) is 5.67. The maximum Gasteiger partial charge on any atom is 0.263 e. The topological polar surface area (TPSA) is 76.4 Å². The third-order valence-corrected chi connectivity index (χ3v) is 5.44. The molecule has 1 unspecified atom stereocenters. The van der Waals surface area contributed by atoms with Gasteiger partial charge >= 0.3 is 0 Å². The lowest BCUT2D eigenvalue weighted by atomic mass is 9.96. The Morgan fingerprint density at radius 2 is 2.33 bits per heavy atom. The van der Waals surface area contributed by atoms with Gasteiger partial charge in [-0.25, -0.2) is 4.68 Å². The number of carbonyl (C=O) groups is 1. The first-order chi connectivity index (χ1) is 11.6. The minimum Gasteiger partial charge on any atom is -0.383 e. The van der Waals surface area contributed by atoms with Crippen LogP contribution < -0.4 is 0 Å². The zero-order valence-electron chi connectivity index (χ0n) is 14.2. The van der Waals surface area contributed by atoms with Gasteiger partial charge in [0.1, 0.15) is 5.54 Å². The van der Waals surface area contributed by atoms with Gasteiger partial charge in [-0.15, -0.1) is 16.4 Å². The molecule has 0 bridgehead atoms. The summed E-state index contributed by atoms with van der Waals surface area (Å²) in [5.74, 6) is 0.857. The first kappa shape index (κ1) is 17.0. The highest BCUT2D eigenvalue weighted by Crippen LogP contribution is 2.36. The first-order valence-corrected chi connectivity index (χ1v) is 8.72. The average molecular weight is 350 g/mol. The third-order valence-electron chi connectivity index (χ3n) is 4.58. The summed E-state index contributed by atoms with van der Waals surface area (Å²) in [6.07, 6.45) is 0.796. The second-order valence-corrected chi connectivity index (χ2v) is 7.05. The van der Waals surface area contributed by atoms with Crippen molar-refractivity contribution in [3.63, 3.8) is 0 Å². The number of rotatable bonds is 6. The van der Waals surface area contributed by atoms with Gasteiger partial charge in [-0.3, -0.25) is 9.69 Å². The molecule has 0 aliphatic carbocycles. The van der Waals surface area contributed by atoms with Crippen LogP contribution in [0.2, 0.25) is 0 Å². The van der Waals surface area contributed by atoms with E-state index in [0.717, 1.165) is 17.1 Å². The van der Waals surface area contributed by atoms with Gasteiger partial charge in [0.25, 0.3) is 5.91 Å². The van der Waals surface area contributed by atoms with E-state index in [0.29, 0.717) is 26.2 Å². The highest BCUT2D eigenvalue weighted by molar-refractivity contribution is 7.12. The number of carbonyl (C=O) groups excluding carboxylic acids is 1. The van der Waals surface area contributed by atoms with Gasteiger partial charge in [-0.1, -0.05) is 6.07 Å². The quantitative estimate of drug-likeness (QED) is 0.763. The maximum absolute atomic E-state index is 12.7. The third kappa shape index (κ3) is 2.94. The molecule has 3 heterocycles. The Morgan fingerprint density at radius 1 is 1.50 bits per heavy atom. The van der Waals surface area contributed by atoms with Crippen molar-refractivity contribution < 1.29 is 9.53 Å². The molecule has 2 aromatic rings. The van der Waals surface area contributed by atoms with E-state index in [9.17, 15) is 4.79 Å². The summed E-state index contributed by atoms with van der Waals surface area (Å²) < 4.78 is 6.92. The van der Waals surface area contributed by atoms with Crippen LogP contribution in [0, 0.1) is 0 Å². The molecule has 130 valence electrons. The van der Waals surface area contributed by atoms with Crippen molar-refractivity contribution in [2.24, 2.45) is 0 Å². The van der Waals surface area contributed by atoms with Crippen LogP contribution >= 0.6 is 11.3 Å². The largest absolute Gasteiger partial charge is 0.383 e. The van der Waals surface area contributed by atoms with E-state index in [-0.39, 0.29) is 11.4 Å². The molecule has 0 N–H and O–H groups in total. The molecule has 1 aliphatic rings. The fourth-order valence-corrected chi connectivity index (χ4v) is 3.83. The summed E-state index contributed by atoms with van der Waals surface area (Å²) in [6.45, 7) is 2.39. The molecule has 3 rings (SSSR count). The Kier molecular flexibility index (Phi) is 4.93. The molecule has 24 heavy (non-hydrogen) atoms. The van der Waals surface area contributed by atoms with Crippen LogP contribution in [0.3, 0.4) is 0 Å². The minimum absolute atomic E-state index is 0.0737. The van der Waals surface area contributed by atoms with Crippen molar-refractivity contribution in [3.8, 4) is 0 Å². The summed E-state index contributed by atoms with van der Waals surface area (Å²) >= 11 is 1.47. The molecular weight excluding hydrogens is 328 g/mol. The van der Waals surface area contributed by atoms with Gasteiger partial charge in [0.05, 0.1) is 18.0 Å². The van der Waals surface area contributed by atoms with E-state index in [1.165, 1.54) is 11.3 Å². The highest BCUT2D eigenvalue weighted by Gasteiger charge is 2.47. The number of thiophene rings is 1. The molecule has 1 atom stereocenters. The standard InChI is InChI=1S/C15H22N6O2S/c1-19(2)15(14-16-17-18-21(14)8-9-23-3)6-7-20(11-15)13(22)12-5-4-10-24-12/h4-5,10H,6-9,11H2,1-3H3. The predicted molar refractivity (Wildman–Crippen MR) is 89.9 cm³/mol. The monoisotopic (exact) mass is 350 g/mol. The van der Waals surface area contributed by atoms with Crippen LogP contribution in [0.15, 0.2) is 17.5 Å². The Balaban J connectivity index is 1.86. The van der Waals surface area contributed by atoms with Crippen molar-refractivity contribution in [1.29, 1.82) is 0 Å². The van der Waals surface area contributed by atoms with Crippen molar-refractivity contribution in [3.05, 3.63) is 28.2 Å². The van der Waals surface area contributed by atoms with Gasteiger partial charge in [0.2, 0.25) is 0 Å². The normalized spacial score (nSPS) is 20.9. The van der Waals surface area contributed by atoms with E-state index >= 15 is 0 Å². The summed E-state index contributed by atoms with van der Waals surface area (Å²) in [4.78, 5) is 17.5. The molecule has 1 aliphatic heterocycles. The second-order valence-electron chi connectivity index (χ2n) is 6.10. The molecule has 2 aromatic heterocycles. The van der Waals surface area contributed by atoms with Crippen molar-refractivity contribution in [2.45, 2.75) is 18.5 Å². The molecule has 8 nitrogen and oxygen atoms in total. The lowest BCUT2D eigenvalue weighted by Crippen LogP contribution is -2.47. The lowest BCUT2D eigenvalue weighted by molar-refractivity contribution is 0.0741. The molecule has 0 aromatic carbocycles. The number of hydrogen-bond acceptors (Lipinski definition) is 7. The lowest BCUT2D eigenvalue weighted by Gasteiger charge is -2.34. The number of likely N-dealkylation sites (tertiary alicyclic amines) is 1. The number of ether oxygens (including phenoxy) is 1. The van der Waals surface area contributed by atoms with E-state index in [1.807, 2.05) is 36.5 Å². The summed E-state index contributed by atoms with van der Waals surface area (Å²) in [5, 5.41) is 14.1. The number of hydrogen-bond donors (Lipinski definition) is 0. The van der Waals surface area contributed by atoms with Crippen molar-refractivity contribution >= 4 is 17.2 Å². The number of tetrazole rings is 1. The molecular formula is C15H22N6O2S. The number of methoxy groups -OCH3 is 1. The Morgan fingerprint density at radius 3 is 3.00 bits per heavy atom. The van der Waals surface area contributed by atoms with Gasteiger partial charge in [-0.05, 0) is 42.4 Å². The van der Waals surface area contributed by atoms with Crippen LogP contribution in [0.4, 0.5) is 0 Å². The van der Waals surface area contributed by atoms with Crippen molar-refractivity contribution in [1.82, 2.24) is 30.0 Å². The molecule has 1 amide bonds. The number of amides is 1. The van der Waals surface area contributed by atoms with Crippen LogP contribution in [0.1, 0.15) is 21.9 Å². The highest BCUT2D eigenvalue weighted by atomic mass is 32.1. The summed E-state index contributed by atoms with van der Waals surface area (Å²) in [5.41, 5.74) is -0.385. The maximum atomic E-state index is 12.7. The van der Waals surface area contributed by atoms with Gasteiger partial charge in [0.15, 0.2) is 5.82 Å². The van der Waals surface area contributed by atoms with Crippen molar-refractivity contribution in [2.75, 3.05) is 40.9 Å². The van der Waals surface area contributed by atoms with E-state index in [2.05, 4.69) is 20.4 Å². The van der Waals surface area contributed by atoms with Gasteiger partial charge in [-0.2, -0.15) is 0 Å². The SMILES string of the molecule is COCCn1nnnc1C1(N(C)C)CCN(C(=O)c2cccs2)C1. The minimum atomic E-state index is -0.385. The fourth-order valence-electron chi connectivity index (χ4n) is 3.14. The predicted octanol–water partition coefficient (Wildman–Crippen LogP) is 0.684. The second kappa shape index (κ2) is 6.96. The molecule has 0 radical (unpaired) electrons. The molecule has 0 spiro atoms. The zero-order chi connectivity index (χ0) is 17.2. The number of likely N-dealkylation sites (N-methyl/N-ethyl adjacent to an activating group) is 1. The average Bonchev–Trinajstić information content (AvgIpc) is 3.32. The van der Waals surface area contributed by atoms with Crippen LogP contribution in [-0.4, -0.2) is 76.8 Å². The van der Waals surface area contributed by atoms with Crippen LogP contribution in [-0.2, 0) is 16.8 Å². The molecule has 1 saturated heterocycles. The molecule has 9 heteroatoms. The van der Waals surface area contributed by atoms with E-state index in [4.69, 9.17) is 4.74 Å². The zero-order valence-corrected chi connectivity index (χ0v) is 15.0. The van der Waals surface area contributed by atoms with Crippen LogP contribution in [0.5, 0.6) is 0 Å². The fraction of sp³-hybridized carbons (Fsp3) is 0.600. The smallest absolute Gasteiger partial charge is 0.263 e. The Hall–Kier alpha value is -1.84. The van der Waals surface area contributed by atoms with E-state index < -0.39 is 0 Å². The number of aromatic nitrogens is 4. The molecule has 0 saturated carbocycles. The molecule has 1 fully saturated rings. The van der Waals surface area contributed by atoms with Gasteiger partial charge < -0.3 is 9.64 Å². The Labute approximate surface area is 145 Å². The van der Waals surface area contributed by atoms with Gasteiger partial charge in [0, 0.05) is 20.2 Å². The number of nitrogens with zero attached hydrogens (tertiary/aromatic N) is 6. The Bertz CT molecular complexity index is 686. The van der Waals surface area contributed by atoms with E-state index in [1.54, 1.807) is 11.8 Å². The summed E-state index contributed by atoms with van der Waals surface area (Å²) in [6, 6.07) is 3.77.